The molecule has 0 bridgehead atoms. The lowest BCUT2D eigenvalue weighted by Gasteiger charge is -2.52. The Balaban J connectivity index is 2.04. The summed E-state index contributed by atoms with van der Waals surface area (Å²) in [5.41, 5.74) is 0.258. The Morgan fingerprint density at radius 2 is 2.00 bits per heavy atom. The van der Waals surface area contributed by atoms with Gasteiger partial charge in [0, 0.05) is 31.2 Å². The van der Waals surface area contributed by atoms with Gasteiger partial charge in [0.05, 0.1) is 12.7 Å². The summed E-state index contributed by atoms with van der Waals surface area (Å²) in [4.78, 5) is 0. The fraction of sp³-hybridized carbons (Fsp3) is 1.00. The Kier molecular flexibility index (Phi) is 6.61. The second-order valence-corrected chi connectivity index (χ2v) is 6.30. The van der Waals surface area contributed by atoms with E-state index in [0.717, 1.165) is 45.1 Å². The smallest absolute Gasteiger partial charge is 0.0655 e. The lowest BCUT2D eigenvalue weighted by molar-refractivity contribution is -0.114. The van der Waals surface area contributed by atoms with Crippen LogP contribution in [0.4, 0.5) is 0 Å². The molecule has 0 spiro atoms. The third-order valence-corrected chi connectivity index (χ3v) is 4.02. The Morgan fingerprint density at radius 1 is 1.28 bits per heavy atom. The maximum Gasteiger partial charge on any atom is 0.0655 e. The zero-order valence-electron chi connectivity index (χ0n) is 12.8. The molecule has 1 saturated carbocycles. The largest absolute Gasteiger partial charge is 0.380 e. The van der Waals surface area contributed by atoms with Gasteiger partial charge in [0.2, 0.25) is 0 Å². The van der Waals surface area contributed by atoms with E-state index in [1.807, 2.05) is 0 Å². The molecule has 2 unspecified atom stereocenters. The second kappa shape index (κ2) is 7.46. The van der Waals surface area contributed by atoms with Crippen LogP contribution in [0.3, 0.4) is 0 Å². The van der Waals surface area contributed by atoms with E-state index in [2.05, 4.69) is 39.9 Å². The Morgan fingerprint density at radius 3 is 2.56 bits per heavy atom. The molecule has 3 nitrogen and oxygen atoms in total. The quantitative estimate of drug-likeness (QED) is 0.644. The first-order valence-electron chi connectivity index (χ1n) is 7.41. The van der Waals surface area contributed by atoms with E-state index >= 15 is 0 Å². The average molecular weight is 257 g/mol. The zero-order chi connectivity index (χ0) is 13.6. The van der Waals surface area contributed by atoms with Crippen LogP contribution in [0.2, 0.25) is 0 Å². The highest BCUT2D eigenvalue weighted by Gasteiger charge is 2.48. The summed E-state index contributed by atoms with van der Waals surface area (Å²) in [5.74, 6) is 0.732. The molecule has 18 heavy (non-hydrogen) atoms. The van der Waals surface area contributed by atoms with E-state index in [1.54, 1.807) is 0 Å². The van der Waals surface area contributed by atoms with Crippen LogP contribution in [0, 0.1) is 11.3 Å². The van der Waals surface area contributed by atoms with E-state index in [-0.39, 0.29) is 5.41 Å². The van der Waals surface area contributed by atoms with Crippen molar-refractivity contribution in [2.45, 2.75) is 59.6 Å². The molecule has 0 saturated heterocycles. The predicted molar refractivity (Wildman–Crippen MR) is 75.9 cm³/mol. The summed E-state index contributed by atoms with van der Waals surface area (Å²) in [6.45, 7) is 14.6. The van der Waals surface area contributed by atoms with Crippen molar-refractivity contribution in [2.75, 3.05) is 26.4 Å². The van der Waals surface area contributed by atoms with Gasteiger partial charge in [-0.3, -0.25) is 0 Å². The van der Waals surface area contributed by atoms with Gasteiger partial charge in [-0.25, -0.2) is 0 Å². The molecule has 0 aromatic heterocycles. The molecule has 1 aliphatic rings. The average Bonchev–Trinajstić information content (AvgIpc) is 2.30. The highest BCUT2D eigenvalue weighted by Crippen LogP contribution is 2.42. The van der Waals surface area contributed by atoms with E-state index < -0.39 is 0 Å². The van der Waals surface area contributed by atoms with Crippen LogP contribution in [0.15, 0.2) is 0 Å². The Hall–Kier alpha value is -0.120. The van der Waals surface area contributed by atoms with Gasteiger partial charge in [-0.2, -0.15) is 0 Å². The number of hydrogen-bond donors (Lipinski definition) is 1. The molecular formula is C15H31NO2. The first kappa shape index (κ1) is 15.9. The monoisotopic (exact) mass is 257 g/mol. The normalized spacial score (nSPS) is 26.3. The molecule has 1 N–H and O–H groups in total. The fourth-order valence-electron chi connectivity index (χ4n) is 2.44. The van der Waals surface area contributed by atoms with Gasteiger partial charge < -0.3 is 14.8 Å². The van der Waals surface area contributed by atoms with Crippen molar-refractivity contribution >= 4 is 0 Å². The topological polar surface area (TPSA) is 30.5 Å². The van der Waals surface area contributed by atoms with Crippen LogP contribution in [0.25, 0.3) is 0 Å². The van der Waals surface area contributed by atoms with Gasteiger partial charge in [-0.15, -0.1) is 0 Å². The van der Waals surface area contributed by atoms with Crippen LogP contribution >= 0.6 is 0 Å². The van der Waals surface area contributed by atoms with E-state index in [4.69, 9.17) is 9.47 Å². The van der Waals surface area contributed by atoms with Gasteiger partial charge in [0.1, 0.15) is 0 Å². The third-order valence-electron chi connectivity index (χ3n) is 4.02. The molecule has 0 amide bonds. The number of nitrogens with one attached hydrogen (secondary N) is 1. The Bertz CT molecular complexity index is 229. The molecule has 108 valence electrons. The maximum atomic E-state index is 5.72. The van der Waals surface area contributed by atoms with Crippen LogP contribution in [0.1, 0.15) is 47.5 Å². The van der Waals surface area contributed by atoms with Gasteiger partial charge >= 0.3 is 0 Å². The third kappa shape index (κ3) is 4.52. The lowest BCUT2D eigenvalue weighted by Crippen LogP contribution is -2.61. The summed E-state index contributed by atoms with van der Waals surface area (Å²) >= 11 is 0. The van der Waals surface area contributed by atoms with Gasteiger partial charge in [0.15, 0.2) is 0 Å². The molecule has 0 aliphatic heterocycles. The lowest BCUT2D eigenvalue weighted by atomic mass is 9.64. The highest BCUT2D eigenvalue weighted by atomic mass is 16.5. The van der Waals surface area contributed by atoms with Crippen molar-refractivity contribution in [3.05, 3.63) is 0 Å². The molecule has 0 aromatic rings. The summed E-state index contributed by atoms with van der Waals surface area (Å²) in [6.07, 6.45) is 2.70. The van der Waals surface area contributed by atoms with Crippen molar-refractivity contribution in [3.8, 4) is 0 Å². The van der Waals surface area contributed by atoms with Gasteiger partial charge in [0.25, 0.3) is 0 Å². The van der Waals surface area contributed by atoms with Crippen molar-refractivity contribution in [3.63, 3.8) is 0 Å². The summed E-state index contributed by atoms with van der Waals surface area (Å²) < 4.78 is 11.3. The molecule has 1 fully saturated rings. The van der Waals surface area contributed by atoms with Crippen LogP contribution in [-0.4, -0.2) is 38.5 Å². The van der Waals surface area contributed by atoms with Crippen molar-refractivity contribution in [1.82, 2.24) is 5.32 Å². The molecule has 0 heterocycles. The van der Waals surface area contributed by atoms with Crippen LogP contribution in [0.5, 0.6) is 0 Å². The number of hydrogen-bond acceptors (Lipinski definition) is 3. The fourth-order valence-corrected chi connectivity index (χ4v) is 2.44. The minimum atomic E-state index is 0.258. The second-order valence-electron chi connectivity index (χ2n) is 6.30. The highest BCUT2D eigenvalue weighted by molar-refractivity contribution is 5.02. The number of ether oxygens (including phenoxy) is 2. The van der Waals surface area contributed by atoms with Crippen molar-refractivity contribution in [2.24, 2.45) is 11.3 Å². The Labute approximate surface area is 113 Å². The maximum absolute atomic E-state index is 5.72. The summed E-state index contributed by atoms with van der Waals surface area (Å²) in [5, 5.41) is 3.58. The first-order chi connectivity index (χ1) is 8.48. The SMILES string of the molecule is CCOC1CC(NCCOCCC(C)C)C1(C)C. The molecular weight excluding hydrogens is 226 g/mol. The molecule has 1 rings (SSSR count). The predicted octanol–water partition coefficient (Wildman–Crippen LogP) is 2.84. The summed E-state index contributed by atoms with van der Waals surface area (Å²) in [6, 6.07) is 0.572. The molecule has 3 heteroatoms. The summed E-state index contributed by atoms with van der Waals surface area (Å²) in [7, 11) is 0. The zero-order valence-corrected chi connectivity index (χ0v) is 12.8. The molecule has 2 atom stereocenters. The van der Waals surface area contributed by atoms with Crippen LogP contribution < -0.4 is 5.32 Å². The minimum Gasteiger partial charge on any atom is -0.380 e. The van der Waals surface area contributed by atoms with Crippen molar-refractivity contribution in [1.29, 1.82) is 0 Å². The standard InChI is InChI=1S/C15H31NO2/c1-6-18-14-11-13(15(14,4)5)16-8-10-17-9-7-12(2)3/h12-14,16H,6-11H2,1-5H3. The molecule has 0 radical (unpaired) electrons. The van der Waals surface area contributed by atoms with Crippen LogP contribution in [-0.2, 0) is 9.47 Å². The number of rotatable bonds is 9. The van der Waals surface area contributed by atoms with Crippen molar-refractivity contribution < 1.29 is 9.47 Å². The first-order valence-corrected chi connectivity index (χ1v) is 7.41. The van der Waals surface area contributed by atoms with E-state index in [1.165, 1.54) is 0 Å². The van der Waals surface area contributed by atoms with Gasteiger partial charge in [-0.1, -0.05) is 27.7 Å². The molecule has 1 aliphatic carbocycles. The van der Waals surface area contributed by atoms with E-state index in [0.29, 0.717) is 12.1 Å². The van der Waals surface area contributed by atoms with E-state index in [9.17, 15) is 0 Å². The minimum absolute atomic E-state index is 0.258. The van der Waals surface area contributed by atoms with Gasteiger partial charge in [-0.05, 0) is 25.7 Å². The molecule has 0 aromatic carbocycles.